The van der Waals surface area contributed by atoms with Gasteiger partial charge in [0, 0.05) is 60.6 Å². The van der Waals surface area contributed by atoms with Crippen molar-refractivity contribution < 1.29 is 9.59 Å². The largest absolute Gasteiger partial charge is 0.398 e. The quantitative estimate of drug-likeness (QED) is 0.364. The van der Waals surface area contributed by atoms with Gasteiger partial charge in [-0.2, -0.15) is 0 Å². The summed E-state index contributed by atoms with van der Waals surface area (Å²) in [6.07, 6.45) is 0. The number of nitrogen functional groups attached to an aromatic ring is 1. The number of amides is 2. The summed E-state index contributed by atoms with van der Waals surface area (Å²) in [5.41, 5.74) is 10.6. The maximum atomic E-state index is 12.3. The van der Waals surface area contributed by atoms with Crippen molar-refractivity contribution in [1.82, 2.24) is 20.5 Å². The van der Waals surface area contributed by atoms with Gasteiger partial charge in [-0.25, -0.2) is 0 Å². The Hall–Kier alpha value is -2.58. The van der Waals surface area contributed by atoms with Gasteiger partial charge in [-0.1, -0.05) is 6.07 Å². The zero-order chi connectivity index (χ0) is 19.3. The van der Waals surface area contributed by atoms with Crippen LogP contribution in [0.5, 0.6) is 0 Å². The second kappa shape index (κ2) is 8.65. The molecule has 2 aliphatic rings. The predicted molar refractivity (Wildman–Crippen MR) is 123 cm³/mol. The number of aromatic nitrogens is 1. The second-order valence-corrected chi connectivity index (χ2v) is 7.37. The monoisotopic (exact) mass is 447 g/mol. The molecule has 1 fully saturated rings. The Kier molecular flexibility index (Phi) is 6.38. The van der Waals surface area contributed by atoms with Crippen LogP contribution in [0.15, 0.2) is 36.4 Å². The van der Waals surface area contributed by atoms with E-state index >= 15 is 0 Å². The van der Waals surface area contributed by atoms with E-state index in [1.54, 1.807) is 12.1 Å². The molecule has 1 saturated heterocycles. The van der Waals surface area contributed by atoms with Crippen LogP contribution in [0.4, 0.5) is 5.69 Å². The fraction of sp³-hybridized carbons (Fsp3) is 0.238. The summed E-state index contributed by atoms with van der Waals surface area (Å²) in [6, 6.07) is 11.9. The molecule has 2 amide bonds. The molecule has 0 unspecified atom stereocenters. The highest BCUT2D eigenvalue weighted by Gasteiger charge is 2.32. The molecular formula is C21H23Cl2N5O2. The number of hydrogen-bond donors (Lipinski definition) is 4. The Morgan fingerprint density at radius 3 is 2.43 bits per heavy atom. The number of benzene rings is 2. The van der Waals surface area contributed by atoms with E-state index in [9.17, 15) is 9.59 Å². The molecule has 5 rings (SSSR count). The minimum atomic E-state index is -0.436. The Morgan fingerprint density at radius 2 is 1.67 bits per heavy atom. The number of carbonyl (C=O) groups excluding carboxylic acids is 2. The van der Waals surface area contributed by atoms with Gasteiger partial charge in [0.1, 0.15) is 0 Å². The van der Waals surface area contributed by atoms with Crippen LogP contribution in [-0.4, -0.2) is 47.9 Å². The average Bonchev–Trinajstić information content (AvgIpc) is 3.24. The van der Waals surface area contributed by atoms with E-state index in [-0.39, 0.29) is 30.4 Å². The molecule has 7 nitrogen and oxygen atoms in total. The number of carbonyl (C=O) groups is 2. The smallest absolute Gasteiger partial charge is 0.261 e. The number of anilines is 1. The van der Waals surface area contributed by atoms with Gasteiger partial charge in [-0.3, -0.25) is 19.8 Å². The van der Waals surface area contributed by atoms with Gasteiger partial charge in [0.15, 0.2) is 0 Å². The van der Waals surface area contributed by atoms with Gasteiger partial charge >= 0.3 is 0 Å². The van der Waals surface area contributed by atoms with Crippen LogP contribution in [0.25, 0.3) is 22.2 Å². The molecule has 158 valence electrons. The number of piperazine rings is 1. The lowest BCUT2D eigenvalue weighted by Crippen LogP contribution is -2.42. The minimum absolute atomic E-state index is 0. The van der Waals surface area contributed by atoms with E-state index < -0.39 is 11.8 Å². The van der Waals surface area contributed by atoms with E-state index in [1.165, 1.54) is 5.56 Å². The summed E-state index contributed by atoms with van der Waals surface area (Å²) in [7, 11) is 0. The number of imide groups is 1. The zero-order valence-corrected chi connectivity index (χ0v) is 17.8. The Balaban J connectivity index is 0.00000128. The van der Waals surface area contributed by atoms with Crippen molar-refractivity contribution in [1.29, 1.82) is 0 Å². The van der Waals surface area contributed by atoms with Crippen LogP contribution in [-0.2, 0) is 6.54 Å². The van der Waals surface area contributed by atoms with Crippen molar-refractivity contribution in [2.45, 2.75) is 6.54 Å². The number of fused-ring (bicyclic) bond motifs is 2. The third-order valence-corrected chi connectivity index (χ3v) is 5.51. The van der Waals surface area contributed by atoms with Gasteiger partial charge in [0.05, 0.1) is 11.1 Å². The molecule has 3 aromatic rings. The highest BCUT2D eigenvalue weighted by Crippen LogP contribution is 2.34. The topological polar surface area (TPSA) is 103 Å². The van der Waals surface area contributed by atoms with Crippen molar-refractivity contribution >= 4 is 53.2 Å². The van der Waals surface area contributed by atoms with E-state index in [1.807, 2.05) is 6.07 Å². The molecule has 0 atom stereocenters. The fourth-order valence-corrected chi connectivity index (χ4v) is 4.10. The first-order valence-electron chi connectivity index (χ1n) is 9.43. The van der Waals surface area contributed by atoms with Gasteiger partial charge < -0.3 is 16.0 Å². The maximum Gasteiger partial charge on any atom is 0.261 e. The highest BCUT2D eigenvalue weighted by atomic mass is 35.5. The van der Waals surface area contributed by atoms with Crippen molar-refractivity contribution in [3.05, 3.63) is 53.1 Å². The van der Waals surface area contributed by atoms with Crippen LogP contribution in [0.2, 0.25) is 0 Å². The minimum Gasteiger partial charge on any atom is -0.398 e. The van der Waals surface area contributed by atoms with Crippen LogP contribution < -0.4 is 16.4 Å². The fourth-order valence-electron chi connectivity index (χ4n) is 4.10. The Labute approximate surface area is 186 Å². The van der Waals surface area contributed by atoms with Crippen LogP contribution in [0.1, 0.15) is 26.3 Å². The maximum absolute atomic E-state index is 12.3. The van der Waals surface area contributed by atoms with E-state index in [0.29, 0.717) is 16.8 Å². The van der Waals surface area contributed by atoms with E-state index in [2.05, 4.69) is 38.7 Å². The first-order chi connectivity index (χ1) is 13.6. The molecule has 2 aliphatic heterocycles. The molecule has 3 heterocycles. The number of H-pyrrole nitrogens is 1. The molecule has 1 aromatic heterocycles. The van der Waals surface area contributed by atoms with Gasteiger partial charge in [0.2, 0.25) is 0 Å². The lowest BCUT2D eigenvalue weighted by atomic mass is 9.98. The molecule has 0 spiro atoms. The normalized spacial score (nSPS) is 16.0. The second-order valence-electron chi connectivity index (χ2n) is 7.37. The van der Waals surface area contributed by atoms with Gasteiger partial charge in [-0.05, 0) is 35.9 Å². The summed E-state index contributed by atoms with van der Waals surface area (Å²) in [6.45, 7) is 5.08. The molecule has 0 aliphatic carbocycles. The van der Waals surface area contributed by atoms with Crippen LogP contribution >= 0.6 is 24.8 Å². The molecule has 0 saturated carbocycles. The number of nitrogens with zero attached hydrogens (tertiary/aromatic N) is 1. The van der Waals surface area contributed by atoms with Gasteiger partial charge in [0.25, 0.3) is 11.8 Å². The van der Waals surface area contributed by atoms with Crippen molar-refractivity contribution in [3.63, 3.8) is 0 Å². The highest BCUT2D eigenvalue weighted by molar-refractivity contribution is 6.26. The number of halogens is 2. The molecular weight excluding hydrogens is 425 g/mol. The third kappa shape index (κ3) is 3.77. The summed E-state index contributed by atoms with van der Waals surface area (Å²) in [5.74, 6) is -0.839. The number of nitrogens with two attached hydrogens (primary N) is 1. The van der Waals surface area contributed by atoms with Gasteiger partial charge in [-0.15, -0.1) is 24.8 Å². The van der Waals surface area contributed by atoms with Crippen molar-refractivity contribution in [2.24, 2.45) is 0 Å². The summed E-state index contributed by atoms with van der Waals surface area (Å²) in [4.78, 5) is 30.2. The lowest BCUT2D eigenvalue weighted by Gasteiger charge is -2.27. The van der Waals surface area contributed by atoms with E-state index in [0.717, 1.165) is 49.3 Å². The van der Waals surface area contributed by atoms with E-state index in [4.69, 9.17) is 5.73 Å². The summed E-state index contributed by atoms with van der Waals surface area (Å²) in [5, 5.41) is 6.79. The molecule has 2 aromatic carbocycles. The first-order valence-corrected chi connectivity index (χ1v) is 9.43. The number of hydrogen-bond acceptors (Lipinski definition) is 5. The average molecular weight is 448 g/mol. The zero-order valence-electron chi connectivity index (χ0n) is 16.2. The molecule has 9 heteroatoms. The molecule has 5 N–H and O–H groups in total. The molecule has 0 radical (unpaired) electrons. The number of nitrogens with one attached hydrogen (secondary N) is 3. The Bertz CT molecular complexity index is 1120. The molecule has 30 heavy (non-hydrogen) atoms. The molecule has 0 bridgehead atoms. The van der Waals surface area contributed by atoms with Crippen molar-refractivity contribution in [3.8, 4) is 11.3 Å². The summed E-state index contributed by atoms with van der Waals surface area (Å²) < 4.78 is 0. The van der Waals surface area contributed by atoms with Crippen LogP contribution in [0.3, 0.4) is 0 Å². The predicted octanol–water partition coefficient (Wildman–Crippen LogP) is 2.55. The number of aromatic amines is 1. The standard InChI is InChI=1S/C21H21N5O2.2ClH/c22-15-3-2-14(18-19(15)21(28)25-20(18)27)17-10-13-9-12(1-4-16(13)24-17)11-26-7-5-23-6-8-26;;/h1-4,9-10,23-24H,5-8,11,22H2,(H,25,27,28);2*1H. The SMILES string of the molecule is Cl.Cl.Nc1ccc(-c2cc3cc(CN4CCNCC4)ccc3[nH]2)c2c1C(=O)NC2=O. The Morgan fingerprint density at radius 1 is 0.933 bits per heavy atom. The lowest BCUT2D eigenvalue weighted by molar-refractivity contribution is 0.0880. The van der Waals surface area contributed by atoms with Crippen LogP contribution in [0, 0.1) is 0 Å². The first kappa shape index (κ1) is 22.1. The third-order valence-electron chi connectivity index (χ3n) is 5.51. The van der Waals surface area contributed by atoms with Crippen molar-refractivity contribution in [2.75, 3.05) is 31.9 Å². The summed E-state index contributed by atoms with van der Waals surface area (Å²) >= 11 is 0. The number of rotatable bonds is 3.